The number of aromatic nitrogens is 1. The number of carbonyl (C=O) groups is 1. The van der Waals surface area contributed by atoms with E-state index < -0.39 is 11.7 Å². The van der Waals surface area contributed by atoms with Gasteiger partial charge in [0.05, 0.1) is 11.3 Å². The molecule has 1 atom stereocenters. The quantitative estimate of drug-likeness (QED) is 0.312. The Labute approximate surface area is 264 Å². The predicted molar refractivity (Wildman–Crippen MR) is 170 cm³/mol. The summed E-state index contributed by atoms with van der Waals surface area (Å²) in [6.45, 7) is 5.79. The van der Waals surface area contributed by atoms with Crippen LogP contribution < -0.4 is 15.1 Å². The molecule has 3 heterocycles. The minimum Gasteiger partial charge on any atom is -0.368 e. The average Bonchev–Trinajstić information content (AvgIpc) is 3.00. The Kier molecular flexibility index (Phi) is 8.53. The number of halogens is 5. The molecule has 2 aromatic carbocycles. The summed E-state index contributed by atoms with van der Waals surface area (Å²) in [4.78, 5) is 24.4. The molecule has 0 bridgehead atoms. The largest absolute Gasteiger partial charge is 0.416 e. The van der Waals surface area contributed by atoms with Gasteiger partial charge in [-0.2, -0.15) is 13.2 Å². The highest BCUT2D eigenvalue weighted by Gasteiger charge is 2.34. The maximum absolute atomic E-state index is 13.8. The molecule has 3 aliphatic rings. The molecule has 1 saturated heterocycles. The molecule has 6 nitrogen and oxygen atoms in total. The third kappa shape index (κ3) is 6.40. The SMILES string of the molecule is CC1CC=C(c2cnc3c(c2)N(Cc2cc(Cl)ccc2C(F)(F)F)CCN3)C=C1C(=O)N1CCN(c2cccc(Cl)c2)CC1. The van der Waals surface area contributed by atoms with Crippen LogP contribution in [0.3, 0.4) is 0 Å². The number of anilines is 3. The van der Waals surface area contributed by atoms with Gasteiger partial charge in [-0.3, -0.25) is 4.79 Å². The first kappa shape index (κ1) is 30.3. The molecule has 1 amide bonds. The summed E-state index contributed by atoms with van der Waals surface area (Å²) in [5.41, 5.74) is 3.60. The van der Waals surface area contributed by atoms with E-state index in [2.05, 4.69) is 28.2 Å². The standard InChI is InChI=1S/C33H32Cl2F3N5O/c1-21-5-6-22(16-28(21)32(44)42-13-11-41(12-14-42)27-4-2-3-25(34)18-27)23-17-30-31(40-19-23)39-9-10-43(30)20-24-15-26(35)7-8-29(24)33(36,37)38/h2-4,6-8,15-19,21H,5,9-14,20H2,1H3,(H,39,40). The molecule has 44 heavy (non-hydrogen) atoms. The lowest BCUT2D eigenvalue weighted by Crippen LogP contribution is -2.49. The fraction of sp³-hybridized carbons (Fsp3) is 0.333. The normalized spacial score (nSPS) is 18.8. The number of hydrogen-bond acceptors (Lipinski definition) is 5. The zero-order valence-corrected chi connectivity index (χ0v) is 25.7. The maximum Gasteiger partial charge on any atom is 0.416 e. The molecule has 1 fully saturated rings. The summed E-state index contributed by atoms with van der Waals surface area (Å²) in [6, 6.07) is 13.4. The molecule has 0 radical (unpaired) electrons. The highest BCUT2D eigenvalue weighted by Crippen LogP contribution is 2.38. The molecule has 0 saturated carbocycles. The number of carbonyl (C=O) groups excluding carboxylic acids is 1. The van der Waals surface area contributed by atoms with Gasteiger partial charge in [-0.05, 0) is 72.0 Å². The van der Waals surface area contributed by atoms with Gasteiger partial charge in [0, 0.05) is 78.9 Å². The van der Waals surface area contributed by atoms with Crippen LogP contribution in [0.5, 0.6) is 0 Å². The number of allylic oxidation sites excluding steroid dienone is 3. The number of rotatable bonds is 5. The van der Waals surface area contributed by atoms with Crippen LogP contribution in [0.2, 0.25) is 10.0 Å². The molecule has 1 aliphatic carbocycles. The number of piperazine rings is 1. The van der Waals surface area contributed by atoms with Crippen LogP contribution in [0.4, 0.5) is 30.4 Å². The van der Waals surface area contributed by atoms with E-state index in [9.17, 15) is 18.0 Å². The summed E-state index contributed by atoms with van der Waals surface area (Å²) < 4.78 is 41.3. The fourth-order valence-corrected chi connectivity index (χ4v) is 6.43. The predicted octanol–water partition coefficient (Wildman–Crippen LogP) is 7.54. The lowest BCUT2D eigenvalue weighted by Gasteiger charge is -2.37. The zero-order valence-electron chi connectivity index (χ0n) is 24.2. The molecular weight excluding hydrogens is 610 g/mol. The number of benzene rings is 2. The van der Waals surface area contributed by atoms with Crippen LogP contribution >= 0.6 is 23.2 Å². The summed E-state index contributed by atoms with van der Waals surface area (Å²) in [5.74, 6) is 0.700. The number of fused-ring (bicyclic) bond motifs is 1. The van der Waals surface area contributed by atoms with Crippen molar-refractivity contribution < 1.29 is 18.0 Å². The Hall–Kier alpha value is -3.69. The number of nitrogens with one attached hydrogen (secondary N) is 1. The number of nitrogens with zero attached hydrogens (tertiary/aromatic N) is 4. The van der Waals surface area contributed by atoms with E-state index in [0.29, 0.717) is 49.1 Å². The summed E-state index contributed by atoms with van der Waals surface area (Å²) in [7, 11) is 0. The molecule has 0 spiro atoms. The lowest BCUT2D eigenvalue weighted by molar-refractivity contribution is -0.138. The van der Waals surface area contributed by atoms with Gasteiger partial charge in [-0.15, -0.1) is 0 Å². The van der Waals surface area contributed by atoms with Gasteiger partial charge in [-0.25, -0.2) is 4.98 Å². The lowest BCUT2D eigenvalue weighted by atomic mass is 9.86. The van der Waals surface area contributed by atoms with Gasteiger partial charge >= 0.3 is 6.18 Å². The van der Waals surface area contributed by atoms with Crippen LogP contribution in [-0.2, 0) is 17.5 Å². The molecule has 1 N–H and O–H groups in total. The van der Waals surface area contributed by atoms with Crippen molar-refractivity contribution in [3.63, 3.8) is 0 Å². The smallest absolute Gasteiger partial charge is 0.368 e. The summed E-state index contributed by atoms with van der Waals surface area (Å²) >= 11 is 12.3. The Balaban J connectivity index is 1.21. The van der Waals surface area contributed by atoms with E-state index in [1.807, 2.05) is 46.2 Å². The number of pyridine rings is 1. The van der Waals surface area contributed by atoms with Crippen LogP contribution in [0, 0.1) is 5.92 Å². The molecule has 1 unspecified atom stereocenters. The maximum atomic E-state index is 13.8. The van der Waals surface area contributed by atoms with Crippen molar-refractivity contribution in [2.45, 2.75) is 26.1 Å². The first-order valence-corrected chi connectivity index (χ1v) is 15.4. The second-order valence-corrected chi connectivity index (χ2v) is 12.3. The topological polar surface area (TPSA) is 51.7 Å². The molecule has 3 aromatic rings. The highest BCUT2D eigenvalue weighted by molar-refractivity contribution is 6.31. The second kappa shape index (κ2) is 12.4. The van der Waals surface area contributed by atoms with Crippen LogP contribution in [0.1, 0.15) is 30.0 Å². The van der Waals surface area contributed by atoms with Crippen molar-refractivity contribution in [1.82, 2.24) is 9.88 Å². The van der Waals surface area contributed by atoms with E-state index >= 15 is 0 Å². The first-order valence-electron chi connectivity index (χ1n) is 14.6. The molecule has 2 aliphatic heterocycles. The van der Waals surface area contributed by atoms with Crippen molar-refractivity contribution in [1.29, 1.82) is 0 Å². The van der Waals surface area contributed by atoms with Crippen molar-refractivity contribution >= 4 is 51.9 Å². The molecule has 1 aromatic heterocycles. The zero-order chi connectivity index (χ0) is 31.0. The van der Waals surface area contributed by atoms with Crippen molar-refractivity contribution in [3.05, 3.63) is 99.2 Å². The van der Waals surface area contributed by atoms with Crippen molar-refractivity contribution in [3.8, 4) is 0 Å². The Morgan fingerprint density at radius 2 is 1.80 bits per heavy atom. The fourth-order valence-electron chi connectivity index (χ4n) is 6.05. The van der Waals surface area contributed by atoms with E-state index in [-0.39, 0.29) is 29.0 Å². The minimum absolute atomic E-state index is 0.0312. The van der Waals surface area contributed by atoms with E-state index in [1.165, 1.54) is 12.1 Å². The Morgan fingerprint density at radius 1 is 1.02 bits per heavy atom. The minimum atomic E-state index is -4.49. The van der Waals surface area contributed by atoms with E-state index in [0.717, 1.165) is 41.6 Å². The Bertz CT molecular complexity index is 1630. The van der Waals surface area contributed by atoms with Crippen molar-refractivity contribution in [2.75, 3.05) is 54.4 Å². The van der Waals surface area contributed by atoms with Gasteiger partial charge < -0.3 is 20.0 Å². The first-order chi connectivity index (χ1) is 21.1. The molecule has 230 valence electrons. The Morgan fingerprint density at radius 3 is 2.55 bits per heavy atom. The second-order valence-electron chi connectivity index (χ2n) is 11.4. The van der Waals surface area contributed by atoms with Gasteiger partial charge in [-0.1, -0.05) is 42.3 Å². The van der Waals surface area contributed by atoms with Crippen LogP contribution in [0.25, 0.3) is 5.57 Å². The van der Waals surface area contributed by atoms with Gasteiger partial charge in [0.2, 0.25) is 5.91 Å². The van der Waals surface area contributed by atoms with Crippen LogP contribution in [-0.4, -0.2) is 55.1 Å². The number of hydrogen-bond donors (Lipinski definition) is 1. The molecule has 11 heteroatoms. The number of alkyl halides is 3. The highest BCUT2D eigenvalue weighted by atomic mass is 35.5. The molecular formula is C33H32Cl2F3N5O. The number of amides is 1. The third-order valence-electron chi connectivity index (χ3n) is 8.47. The summed E-state index contributed by atoms with van der Waals surface area (Å²) in [6.07, 6.45) is 2.01. The van der Waals surface area contributed by atoms with Gasteiger partial charge in [0.25, 0.3) is 0 Å². The molecule has 6 rings (SSSR count). The van der Waals surface area contributed by atoms with Crippen LogP contribution in [0.15, 0.2) is 72.5 Å². The third-order valence-corrected chi connectivity index (χ3v) is 8.94. The monoisotopic (exact) mass is 641 g/mol. The average molecular weight is 643 g/mol. The van der Waals surface area contributed by atoms with Gasteiger partial charge in [0.15, 0.2) is 0 Å². The van der Waals surface area contributed by atoms with Crippen molar-refractivity contribution in [2.24, 2.45) is 5.92 Å². The summed E-state index contributed by atoms with van der Waals surface area (Å²) in [5, 5.41) is 4.19. The van der Waals surface area contributed by atoms with E-state index in [4.69, 9.17) is 23.2 Å². The van der Waals surface area contributed by atoms with Gasteiger partial charge in [0.1, 0.15) is 5.82 Å². The van der Waals surface area contributed by atoms with E-state index in [1.54, 1.807) is 6.20 Å².